The minimum atomic E-state index is 0.198. The lowest BCUT2D eigenvalue weighted by atomic mass is 10.1. The van der Waals surface area contributed by atoms with Crippen LogP contribution in [0.15, 0.2) is 233 Å². The van der Waals surface area contributed by atoms with Crippen molar-refractivity contribution in [2.45, 2.75) is 13.8 Å². The Morgan fingerprint density at radius 3 is 1.13 bits per heavy atom. The number of aromatic nitrogens is 8. The zero-order chi connectivity index (χ0) is 61.1. The maximum Gasteiger partial charge on any atom is 0.153 e. The number of carbonyl (C=O) groups excluding carboxylic acids is 2. The minimum absolute atomic E-state index is 0.198. The van der Waals surface area contributed by atoms with Gasteiger partial charge in [0, 0.05) is 67.8 Å². The topological polar surface area (TPSA) is 249 Å². The summed E-state index contributed by atoms with van der Waals surface area (Å²) in [6.07, 6.45) is 6.48. The van der Waals surface area contributed by atoms with Gasteiger partial charge in [0.25, 0.3) is 0 Å². The first-order chi connectivity index (χ1) is 42.5. The van der Waals surface area contributed by atoms with Gasteiger partial charge in [-0.25, -0.2) is 0 Å². The number of aromatic amines is 2. The van der Waals surface area contributed by atoms with Crippen LogP contribution in [0, 0.1) is 11.3 Å². The summed E-state index contributed by atoms with van der Waals surface area (Å²) in [5.74, 6) is 0.836. The molecule has 0 aliphatic carbocycles. The molecule has 17 nitrogen and oxygen atoms in total. The van der Waals surface area contributed by atoms with Gasteiger partial charge in [-0.15, -0.1) is 0 Å². The van der Waals surface area contributed by atoms with E-state index in [-0.39, 0.29) is 23.0 Å². The van der Waals surface area contributed by atoms with E-state index < -0.39 is 0 Å². The van der Waals surface area contributed by atoms with Crippen LogP contribution in [0.25, 0.3) is 89.1 Å². The molecule has 430 valence electrons. The number of oxime groups is 1. The fourth-order valence-corrected chi connectivity index (χ4v) is 11.7. The number of carbonyl (C=O) groups is 2. The molecule has 19 heteroatoms. The second-order valence-corrected chi connectivity index (χ2v) is 20.4. The molecule has 0 aliphatic rings. The Morgan fingerprint density at radius 1 is 0.437 bits per heavy atom. The van der Waals surface area contributed by atoms with Gasteiger partial charge in [0.15, 0.2) is 12.6 Å². The van der Waals surface area contributed by atoms with Gasteiger partial charge >= 0.3 is 0 Å². The van der Waals surface area contributed by atoms with Crippen LogP contribution in [0.3, 0.4) is 0 Å². The van der Waals surface area contributed by atoms with Gasteiger partial charge in [-0.2, -0.15) is 15.5 Å². The molecule has 0 radical (unpaired) electrons. The number of nitrogens with one attached hydrogen (secondary N) is 2. The number of aromatic hydroxyl groups is 4. The van der Waals surface area contributed by atoms with Crippen molar-refractivity contribution in [3.05, 3.63) is 250 Å². The van der Waals surface area contributed by atoms with Crippen molar-refractivity contribution in [3.8, 4) is 74.6 Å². The van der Waals surface area contributed by atoms with Crippen LogP contribution in [0.2, 0.25) is 0 Å². The van der Waals surface area contributed by atoms with Gasteiger partial charge in [0.05, 0.1) is 62.2 Å². The Morgan fingerprint density at radius 2 is 0.759 bits per heavy atom. The average molecular weight is 1280 g/mol. The molecule has 0 saturated heterocycles. The van der Waals surface area contributed by atoms with Crippen molar-refractivity contribution in [2.75, 3.05) is 0 Å². The summed E-state index contributed by atoms with van der Waals surface area (Å²) in [5.41, 5.74) is 13.1. The number of phenolic OH excluding ortho intramolecular Hbond substituents is 4. The molecule has 6 heterocycles. The number of halogens is 2. The van der Waals surface area contributed by atoms with E-state index in [0.717, 1.165) is 116 Å². The molecule has 0 spiro atoms. The summed E-state index contributed by atoms with van der Waals surface area (Å²) in [4.78, 5) is 23.0. The number of aldehydes is 2. The van der Waals surface area contributed by atoms with Crippen LogP contribution in [-0.4, -0.2) is 83.1 Å². The number of para-hydroxylation sites is 4. The molecule has 14 rings (SSSR count). The van der Waals surface area contributed by atoms with Crippen molar-refractivity contribution >= 4 is 94.3 Å². The second kappa shape index (κ2) is 26.6. The number of phenols is 4. The van der Waals surface area contributed by atoms with Crippen LogP contribution in [0.5, 0.6) is 23.0 Å². The first kappa shape index (κ1) is 59.0. The molecule has 0 amide bonds. The fraction of sp³-hybridized carbons (Fsp3) is 0.0294. The van der Waals surface area contributed by atoms with Gasteiger partial charge in [0.2, 0.25) is 0 Å². The molecule has 8 aromatic carbocycles. The largest absolute Gasteiger partial charge is 0.508 e. The number of fused-ring (bicyclic) bond motifs is 4. The molecular formula is C68H52Br2N10O7. The molecule has 87 heavy (non-hydrogen) atoms. The highest BCUT2D eigenvalue weighted by atomic mass is 79.9. The van der Waals surface area contributed by atoms with Gasteiger partial charge in [-0.05, 0) is 165 Å². The summed E-state index contributed by atoms with van der Waals surface area (Å²) >= 11 is 6.97. The Kier molecular flexibility index (Phi) is 18.0. The lowest BCUT2D eigenvalue weighted by Crippen LogP contribution is -1.98. The van der Waals surface area contributed by atoms with E-state index in [0.29, 0.717) is 16.7 Å². The number of hydrogen-bond acceptors (Lipinski definition) is 11. The minimum Gasteiger partial charge on any atom is -0.508 e. The van der Waals surface area contributed by atoms with Crippen LogP contribution in [-0.2, 0) is 0 Å². The van der Waals surface area contributed by atoms with E-state index in [1.165, 1.54) is 6.21 Å². The number of hydrogen-bond donors (Lipinski definition) is 7. The highest BCUT2D eigenvalue weighted by molar-refractivity contribution is 9.10. The number of nitrogens with zero attached hydrogens (tertiary/aromatic N) is 8. The van der Waals surface area contributed by atoms with E-state index in [9.17, 15) is 35.3 Å². The van der Waals surface area contributed by atoms with Gasteiger partial charge in [-0.1, -0.05) is 91.8 Å². The van der Waals surface area contributed by atoms with Crippen LogP contribution < -0.4 is 0 Å². The molecule has 0 atom stereocenters. The van der Waals surface area contributed by atoms with Crippen molar-refractivity contribution in [1.29, 1.82) is 5.26 Å². The smallest absolute Gasteiger partial charge is 0.153 e. The van der Waals surface area contributed by atoms with Gasteiger partial charge in [-0.3, -0.25) is 19.8 Å². The summed E-state index contributed by atoms with van der Waals surface area (Å²) < 4.78 is 9.37. The summed E-state index contributed by atoms with van der Waals surface area (Å²) in [7, 11) is 0. The first-order valence-electron chi connectivity index (χ1n) is 27.0. The monoisotopic (exact) mass is 1280 g/mol. The summed E-state index contributed by atoms with van der Waals surface area (Å²) in [6, 6.07) is 64.5. The van der Waals surface area contributed by atoms with Gasteiger partial charge < -0.3 is 43.9 Å². The zero-order valence-corrected chi connectivity index (χ0v) is 49.6. The Labute approximate surface area is 514 Å². The second-order valence-electron chi connectivity index (χ2n) is 18.9. The number of H-pyrrole nitrogens is 2. The van der Waals surface area contributed by atoms with Crippen LogP contribution in [0.4, 0.5) is 0 Å². The van der Waals surface area contributed by atoms with Crippen LogP contribution in [0.1, 0.15) is 45.7 Å². The maximum atomic E-state index is 11.7. The third kappa shape index (κ3) is 11.7. The fourth-order valence-electron chi connectivity index (χ4n) is 10.3. The molecule has 0 unspecified atom stereocenters. The average Bonchev–Trinajstić information content (AvgIpc) is 1.86. The predicted octanol–water partition coefficient (Wildman–Crippen LogP) is 16.0. The first-order valence-corrected chi connectivity index (χ1v) is 28.6. The van der Waals surface area contributed by atoms with E-state index in [1.807, 2.05) is 178 Å². The number of rotatable bonds is 9. The van der Waals surface area contributed by atoms with E-state index in [1.54, 1.807) is 73.1 Å². The SMILES string of the molecule is CC.N#Cc1c(Br)n(-c2ccc(O)cc2)c2ccccc12.O=Cc1c(-c2ccn[nH]2)n(-c2ccc(O)cc2)c2ccccc12.O=Cc1c(Br)n(-c2ccc(O)cc2)c2ccccc12.ON=Cc1c(-c2ccn[nH]2)n(-c2ccc(O)cc2)c2ccccc12. The third-order valence-corrected chi connectivity index (χ3v) is 15.5. The van der Waals surface area contributed by atoms with Crippen molar-refractivity contribution in [1.82, 2.24) is 38.7 Å². The Bertz CT molecular complexity index is 4770. The Balaban J connectivity index is 0.000000128. The molecule has 0 fully saturated rings. The summed E-state index contributed by atoms with van der Waals surface area (Å²) in [5, 5.41) is 77.1. The molecule has 0 bridgehead atoms. The standard InChI is InChI=1S/C18H14N4O2.C18H13N3O2.C15H9BrN2O.C15H10BrNO2.C2H6/c23-13-7-5-12(6-8-13)22-17-4-2-1-3-14(17)15(11-20-24)18(22)16-9-10-19-21-16;22-11-15-14-3-1-2-4-17(14)21(12-5-7-13(23)8-6-12)18(15)16-9-10-19-20-16;16-15-13(9-17)12-3-1-2-4-14(12)18(15)10-5-7-11(19)8-6-10;16-15-13(9-18)12-3-1-2-4-14(12)17(15)10-5-7-11(19)8-6-10;1-2/h1-11,23-24H,(H,19,21);1-11,23H,(H,19,20);1-8,19H;1-9,19H;1-2H3. The van der Waals surface area contributed by atoms with Crippen molar-refractivity contribution < 1.29 is 35.2 Å². The lowest BCUT2D eigenvalue weighted by Gasteiger charge is -2.10. The number of benzene rings is 8. The summed E-state index contributed by atoms with van der Waals surface area (Å²) in [6.45, 7) is 4.00. The molecule has 14 aromatic rings. The van der Waals surface area contributed by atoms with Crippen molar-refractivity contribution in [3.63, 3.8) is 0 Å². The predicted molar refractivity (Wildman–Crippen MR) is 347 cm³/mol. The molecule has 0 aliphatic heterocycles. The van der Waals surface area contributed by atoms with E-state index in [4.69, 9.17) is 5.21 Å². The third-order valence-electron chi connectivity index (χ3n) is 14.0. The molecular weight excluding hydrogens is 1230 g/mol. The molecule has 0 saturated carbocycles. The van der Waals surface area contributed by atoms with Crippen molar-refractivity contribution in [2.24, 2.45) is 5.16 Å². The normalized spacial score (nSPS) is 10.8. The Hall–Kier alpha value is -11.2. The zero-order valence-electron chi connectivity index (χ0n) is 46.4. The quantitative estimate of drug-likeness (QED) is 0.0312. The number of nitriles is 1. The van der Waals surface area contributed by atoms with Crippen LogP contribution >= 0.6 is 31.9 Å². The van der Waals surface area contributed by atoms with E-state index >= 15 is 0 Å². The van der Waals surface area contributed by atoms with Gasteiger partial charge in [0.1, 0.15) is 38.3 Å². The molecule has 6 aromatic heterocycles. The lowest BCUT2D eigenvalue weighted by molar-refractivity contribution is 0.111. The highest BCUT2D eigenvalue weighted by Gasteiger charge is 2.23. The highest BCUT2D eigenvalue weighted by Crippen LogP contribution is 2.38. The molecule has 7 N–H and O–H groups in total. The van der Waals surface area contributed by atoms with E-state index in [2.05, 4.69) is 63.5 Å². The maximum absolute atomic E-state index is 11.7.